The number of nitrogens with two attached hydrogens (primary N) is 1. The van der Waals surface area contributed by atoms with Gasteiger partial charge in [0.1, 0.15) is 0 Å². The van der Waals surface area contributed by atoms with Gasteiger partial charge in [-0.25, -0.2) is 4.68 Å². The molecule has 5 heteroatoms. The number of nitrogens with zero attached hydrogens (tertiary/aromatic N) is 2. The number of rotatable bonds is 4. The van der Waals surface area contributed by atoms with Crippen LogP contribution in [-0.4, -0.2) is 21.7 Å². The molecule has 110 valence electrons. The van der Waals surface area contributed by atoms with Gasteiger partial charge in [0, 0.05) is 30.5 Å². The summed E-state index contributed by atoms with van der Waals surface area (Å²) in [5.41, 5.74) is 7.78. The molecule has 0 radical (unpaired) electrons. The van der Waals surface area contributed by atoms with Crippen molar-refractivity contribution in [1.82, 2.24) is 9.78 Å². The third-order valence-corrected chi connectivity index (χ3v) is 4.09. The first-order valence-corrected chi connectivity index (χ1v) is 7.38. The van der Waals surface area contributed by atoms with E-state index in [0.717, 1.165) is 30.6 Å². The minimum absolute atomic E-state index is 0.0455. The second kappa shape index (κ2) is 6.10. The van der Waals surface area contributed by atoms with Gasteiger partial charge in [0.15, 0.2) is 0 Å². The molecule has 2 atom stereocenters. The Morgan fingerprint density at radius 2 is 2.14 bits per heavy atom. The summed E-state index contributed by atoms with van der Waals surface area (Å²) < 4.78 is 1.78. The van der Waals surface area contributed by atoms with Crippen molar-refractivity contribution in [3.05, 3.63) is 42.7 Å². The van der Waals surface area contributed by atoms with E-state index in [9.17, 15) is 4.79 Å². The Morgan fingerprint density at radius 1 is 1.33 bits per heavy atom. The molecule has 1 aliphatic rings. The maximum atomic E-state index is 12.0. The Morgan fingerprint density at radius 3 is 2.76 bits per heavy atom. The maximum absolute atomic E-state index is 12.0. The minimum atomic E-state index is 0.0455. The molecule has 0 unspecified atom stereocenters. The number of carbonyl (C=O) groups is 1. The molecule has 2 aromatic rings. The molecule has 1 heterocycles. The van der Waals surface area contributed by atoms with Crippen molar-refractivity contribution in [2.75, 3.05) is 5.32 Å². The molecule has 1 saturated carbocycles. The number of anilines is 1. The Labute approximate surface area is 124 Å². The highest BCUT2D eigenvalue weighted by molar-refractivity contribution is 5.91. The Hall–Kier alpha value is -2.14. The third-order valence-electron chi connectivity index (χ3n) is 4.09. The van der Waals surface area contributed by atoms with Crippen molar-refractivity contribution in [2.45, 2.75) is 31.7 Å². The van der Waals surface area contributed by atoms with Gasteiger partial charge in [-0.05, 0) is 49.1 Å². The van der Waals surface area contributed by atoms with Gasteiger partial charge in [-0.3, -0.25) is 4.79 Å². The van der Waals surface area contributed by atoms with Crippen molar-refractivity contribution < 1.29 is 4.79 Å². The van der Waals surface area contributed by atoms with Gasteiger partial charge in [-0.2, -0.15) is 5.10 Å². The van der Waals surface area contributed by atoms with E-state index in [2.05, 4.69) is 10.4 Å². The lowest BCUT2D eigenvalue weighted by Crippen LogP contribution is -2.28. The fourth-order valence-corrected chi connectivity index (χ4v) is 2.89. The smallest absolute Gasteiger partial charge is 0.224 e. The minimum Gasteiger partial charge on any atom is -0.327 e. The van der Waals surface area contributed by atoms with Crippen molar-refractivity contribution in [1.29, 1.82) is 0 Å². The molecule has 3 rings (SSSR count). The normalized spacial score (nSPS) is 21.4. The fourth-order valence-electron chi connectivity index (χ4n) is 2.89. The van der Waals surface area contributed by atoms with E-state index in [1.807, 2.05) is 36.5 Å². The fraction of sp³-hybridized carbons (Fsp3) is 0.375. The summed E-state index contributed by atoms with van der Waals surface area (Å²) in [6.45, 7) is 0. The summed E-state index contributed by atoms with van der Waals surface area (Å²) in [6.07, 6.45) is 7.37. The predicted octanol–water partition coefficient (Wildman–Crippen LogP) is 2.33. The topological polar surface area (TPSA) is 72.9 Å². The van der Waals surface area contributed by atoms with Crippen molar-refractivity contribution in [3.8, 4) is 5.69 Å². The number of carbonyl (C=O) groups excluding carboxylic acids is 1. The van der Waals surface area contributed by atoms with E-state index >= 15 is 0 Å². The lowest BCUT2D eigenvalue weighted by molar-refractivity contribution is -0.117. The van der Waals surface area contributed by atoms with E-state index in [-0.39, 0.29) is 11.9 Å². The monoisotopic (exact) mass is 284 g/mol. The number of benzene rings is 1. The van der Waals surface area contributed by atoms with Crippen LogP contribution < -0.4 is 11.1 Å². The average Bonchev–Trinajstić information content (AvgIpc) is 3.12. The van der Waals surface area contributed by atoms with Crippen molar-refractivity contribution in [2.24, 2.45) is 11.7 Å². The van der Waals surface area contributed by atoms with E-state index in [1.165, 1.54) is 0 Å². The molecule has 0 aliphatic heterocycles. The first-order valence-electron chi connectivity index (χ1n) is 7.38. The number of nitrogens with one attached hydrogen (secondary N) is 1. The molecule has 21 heavy (non-hydrogen) atoms. The number of hydrogen-bond donors (Lipinski definition) is 2. The van der Waals surface area contributed by atoms with E-state index in [1.54, 1.807) is 10.9 Å². The van der Waals surface area contributed by atoms with Crippen molar-refractivity contribution >= 4 is 11.6 Å². The molecule has 1 aromatic heterocycles. The summed E-state index contributed by atoms with van der Waals surface area (Å²) in [6, 6.07) is 9.71. The first kappa shape index (κ1) is 13.8. The van der Waals surface area contributed by atoms with Gasteiger partial charge in [0.25, 0.3) is 0 Å². The van der Waals surface area contributed by atoms with Crippen LogP contribution in [0.15, 0.2) is 42.7 Å². The van der Waals surface area contributed by atoms with E-state index in [0.29, 0.717) is 12.3 Å². The highest BCUT2D eigenvalue weighted by Crippen LogP contribution is 2.27. The van der Waals surface area contributed by atoms with Gasteiger partial charge < -0.3 is 11.1 Å². The molecule has 0 saturated heterocycles. The third kappa shape index (κ3) is 3.31. The zero-order chi connectivity index (χ0) is 14.7. The van der Waals surface area contributed by atoms with Crippen LogP contribution in [0.3, 0.4) is 0 Å². The molecule has 1 aromatic carbocycles. The van der Waals surface area contributed by atoms with Gasteiger partial charge in [0.2, 0.25) is 5.91 Å². The van der Waals surface area contributed by atoms with Crippen LogP contribution in [0.5, 0.6) is 0 Å². The lowest BCUT2D eigenvalue weighted by atomic mass is 10.00. The zero-order valence-electron chi connectivity index (χ0n) is 11.9. The lowest BCUT2D eigenvalue weighted by Gasteiger charge is -2.14. The molecule has 1 aliphatic carbocycles. The SMILES string of the molecule is N[C@@H]1CCC[C@H]1CC(=O)Nc1ccc(-n2cccn2)cc1. The van der Waals surface area contributed by atoms with Gasteiger partial charge in [-0.1, -0.05) is 6.42 Å². The number of hydrogen-bond acceptors (Lipinski definition) is 3. The number of aromatic nitrogens is 2. The summed E-state index contributed by atoms with van der Waals surface area (Å²) in [4.78, 5) is 12.0. The molecular weight excluding hydrogens is 264 g/mol. The zero-order valence-corrected chi connectivity index (χ0v) is 11.9. The molecule has 0 spiro atoms. The van der Waals surface area contributed by atoms with Crippen LogP contribution in [-0.2, 0) is 4.79 Å². The predicted molar refractivity (Wildman–Crippen MR) is 82.1 cm³/mol. The molecule has 5 nitrogen and oxygen atoms in total. The van der Waals surface area contributed by atoms with Crippen LogP contribution in [0.1, 0.15) is 25.7 Å². The average molecular weight is 284 g/mol. The Bertz CT molecular complexity index is 591. The van der Waals surface area contributed by atoms with Crippen LogP contribution in [0, 0.1) is 5.92 Å². The Kier molecular flexibility index (Phi) is 4.01. The largest absolute Gasteiger partial charge is 0.327 e. The molecule has 3 N–H and O–H groups in total. The standard InChI is InChI=1S/C16H20N4O/c17-15-4-1-3-12(15)11-16(21)19-13-5-7-14(8-6-13)20-10-2-9-18-20/h2,5-10,12,15H,1,3-4,11,17H2,(H,19,21)/t12-,15+/m0/s1. The van der Waals surface area contributed by atoms with Crippen LogP contribution >= 0.6 is 0 Å². The van der Waals surface area contributed by atoms with Gasteiger partial charge in [-0.15, -0.1) is 0 Å². The first-order chi connectivity index (χ1) is 10.2. The van der Waals surface area contributed by atoms with Crippen LogP contribution in [0.25, 0.3) is 5.69 Å². The number of amides is 1. The van der Waals surface area contributed by atoms with E-state index in [4.69, 9.17) is 5.73 Å². The summed E-state index contributed by atoms with van der Waals surface area (Å²) >= 11 is 0. The van der Waals surface area contributed by atoms with Crippen LogP contribution in [0.2, 0.25) is 0 Å². The second-order valence-corrected chi connectivity index (χ2v) is 5.60. The summed E-state index contributed by atoms with van der Waals surface area (Å²) in [5, 5.41) is 7.11. The molecule has 1 fully saturated rings. The quantitative estimate of drug-likeness (QED) is 0.905. The molecule has 0 bridgehead atoms. The Balaban J connectivity index is 1.58. The molecular formula is C16H20N4O. The second-order valence-electron chi connectivity index (χ2n) is 5.60. The summed E-state index contributed by atoms with van der Waals surface area (Å²) in [5.74, 6) is 0.373. The van der Waals surface area contributed by atoms with E-state index < -0.39 is 0 Å². The van der Waals surface area contributed by atoms with Gasteiger partial charge in [0.05, 0.1) is 5.69 Å². The summed E-state index contributed by atoms with van der Waals surface area (Å²) in [7, 11) is 0. The van der Waals surface area contributed by atoms with Crippen LogP contribution in [0.4, 0.5) is 5.69 Å². The molecule has 1 amide bonds. The highest BCUT2D eigenvalue weighted by Gasteiger charge is 2.25. The highest BCUT2D eigenvalue weighted by atomic mass is 16.1. The van der Waals surface area contributed by atoms with Gasteiger partial charge >= 0.3 is 0 Å². The maximum Gasteiger partial charge on any atom is 0.224 e. The van der Waals surface area contributed by atoms with Crippen molar-refractivity contribution in [3.63, 3.8) is 0 Å².